The standard InChI is InChI=1S/C10H13ClN2/c11-10-7-13-5-3-9(10)8-2-1-4-12-6-8/h3,5,7-8,12H,1-2,4,6H2/t8-/m1/s1. The lowest BCUT2D eigenvalue weighted by atomic mass is 9.92. The molecule has 0 aromatic carbocycles. The first-order chi connectivity index (χ1) is 6.38. The van der Waals surface area contributed by atoms with Gasteiger partial charge in [0, 0.05) is 18.9 Å². The van der Waals surface area contributed by atoms with E-state index < -0.39 is 0 Å². The average Bonchev–Trinajstić information content (AvgIpc) is 2.20. The summed E-state index contributed by atoms with van der Waals surface area (Å²) in [5.41, 5.74) is 1.24. The Balaban J connectivity index is 2.18. The van der Waals surface area contributed by atoms with Crippen LogP contribution in [0.2, 0.25) is 5.02 Å². The van der Waals surface area contributed by atoms with E-state index >= 15 is 0 Å². The zero-order valence-corrected chi connectivity index (χ0v) is 8.22. The molecule has 1 saturated heterocycles. The zero-order chi connectivity index (χ0) is 9.10. The Morgan fingerprint density at radius 1 is 1.54 bits per heavy atom. The molecule has 3 heteroatoms. The third-order valence-corrected chi connectivity index (χ3v) is 2.86. The Bertz CT molecular complexity index is 282. The minimum absolute atomic E-state index is 0.573. The van der Waals surface area contributed by atoms with Gasteiger partial charge in [-0.15, -0.1) is 0 Å². The Labute approximate surface area is 83.3 Å². The van der Waals surface area contributed by atoms with E-state index in [1.807, 2.05) is 12.3 Å². The second kappa shape index (κ2) is 4.07. The van der Waals surface area contributed by atoms with Gasteiger partial charge >= 0.3 is 0 Å². The van der Waals surface area contributed by atoms with Crippen LogP contribution < -0.4 is 5.32 Å². The normalized spacial score (nSPS) is 23.0. The molecule has 1 aliphatic heterocycles. The lowest BCUT2D eigenvalue weighted by molar-refractivity contribution is 0.461. The van der Waals surface area contributed by atoms with Gasteiger partial charge in [-0.25, -0.2) is 0 Å². The van der Waals surface area contributed by atoms with Crippen LogP contribution in [0, 0.1) is 0 Å². The van der Waals surface area contributed by atoms with Crippen LogP contribution in [-0.2, 0) is 0 Å². The summed E-state index contributed by atoms with van der Waals surface area (Å²) in [5, 5.41) is 4.18. The van der Waals surface area contributed by atoms with Crippen LogP contribution in [0.1, 0.15) is 24.3 Å². The van der Waals surface area contributed by atoms with E-state index in [1.165, 1.54) is 18.4 Å². The van der Waals surface area contributed by atoms with Crippen molar-refractivity contribution in [2.24, 2.45) is 0 Å². The molecule has 0 aliphatic carbocycles. The highest BCUT2D eigenvalue weighted by atomic mass is 35.5. The Kier molecular flexibility index (Phi) is 2.81. The second-order valence-corrected chi connectivity index (χ2v) is 3.85. The highest BCUT2D eigenvalue weighted by Crippen LogP contribution is 2.28. The fraction of sp³-hybridized carbons (Fsp3) is 0.500. The monoisotopic (exact) mass is 196 g/mol. The van der Waals surface area contributed by atoms with E-state index in [4.69, 9.17) is 11.6 Å². The minimum atomic E-state index is 0.573. The van der Waals surface area contributed by atoms with Crippen LogP contribution in [-0.4, -0.2) is 18.1 Å². The SMILES string of the molecule is Clc1cnccc1[C@@H]1CCCNC1. The number of halogens is 1. The smallest absolute Gasteiger partial charge is 0.0624 e. The molecule has 1 aliphatic rings. The summed E-state index contributed by atoms with van der Waals surface area (Å²) >= 11 is 6.07. The lowest BCUT2D eigenvalue weighted by Crippen LogP contribution is -2.28. The van der Waals surface area contributed by atoms with Crippen molar-refractivity contribution in [2.75, 3.05) is 13.1 Å². The summed E-state index contributed by atoms with van der Waals surface area (Å²) in [5.74, 6) is 0.573. The molecule has 1 fully saturated rings. The van der Waals surface area contributed by atoms with Gasteiger partial charge < -0.3 is 5.32 Å². The van der Waals surface area contributed by atoms with Gasteiger partial charge in [0.2, 0.25) is 0 Å². The number of aromatic nitrogens is 1. The molecular formula is C10H13ClN2. The van der Waals surface area contributed by atoms with E-state index in [-0.39, 0.29) is 0 Å². The molecule has 0 saturated carbocycles. The van der Waals surface area contributed by atoms with Gasteiger partial charge in [-0.05, 0) is 36.9 Å². The largest absolute Gasteiger partial charge is 0.316 e. The van der Waals surface area contributed by atoms with Crippen molar-refractivity contribution in [3.63, 3.8) is 0 Å². The Hall–Kier alpha value is -0.600. The van der Waals surface area contributed by atoms with E-state index in [0.29, 0.717) is 5.92 Å². The zero-order valence-electron chi connectivity index (χ0n) is 7.46. The Morgan fingerprint density at radius 2 is 2.46 bits per heavy atom. The van der Waals surface area contributed by atoms with Gasteiger partial charge in [-0.1, -0.05) is 11.6 Å². The molecule has 1 aromatic heterocycles. The van der Waals surface area contributed by atoms with Crippen LogP contribution >= 0.6 is 11.6 Å². The van der Waals surface area contributed by atoms with Gasteiger partial charge in [-0.3, -0.25) is 4.98 Å². The summed E-state index contributed by atoms with van der Waals surface area (Å²) in [4.78, 5) is 3.99. The highest BCUT2D eigenvalue weighted by Gasteiger charge is 2.16. The number of hydrogen-bond donors (Lipinski definition) is 1. The van der Waals surface area contributed by atoms with Gasteiger partial charge in [-0.2, -0.15) is 0 Å². The maximum absolute atomic E-state index is 6.07. The molecule has 2 heterocycles. The van der Waals surface area contributed by atoms with Crippen LogP contribution in [0.15, 0.2) is 18.5 Å². The first kappa shape index (κ1) is 8.97. The number of rotatable bonds is 1. The van der Waals surface area contributed by atoms with E-state index in [2.05, 4.69) is 10.3 Å². The van der Waals surface area contributed by atoms with Crippen molar-refractivity contribution >= 4 is 11.6 Å². The van der Waals surface area contributed by atoms with Gasteiger partial charge in [0.1, 0.15) is 0 Å². The van der Waals surface area contributed by atoms with Crippen molar-refractivity contribution in [3.8, 4) is 0 Å². The third-order valence-electron chi connectivity index (χ3n) is 2.54. The number of hydrogen-bond acceptors (Lipinski definition) is 2. The summed E-state index contributed by atoms with van der Waals surface area (Å²) in [7, 11) is 0. The van der Waals surface area contributed by atoms with Gasteiger partial charge in [0.25, 0.3) is 0 Å². The molecular weight excluding hydrogens is 184 g/mol. The first-order valence-electron chi connectivity index (χ1n) is 4.68. The Morgan fingerprint density at radius 3 is 3.15 bits per heavy atom. The summed E-state index contributed by atoms with van der Waals surface area (Å²) in [6, 6.07) is 2.03. The highest BCUT2D eigenvalue weighted by molar-refractivity contribution is 6.31. The lowest BCUT2D eigenvalue weighted by Gasteiger charge is -2.23. The van der Waals surface area contributed by atoms with Crippen LogP contribution in [0.4, 0.5) is 0 Å². The van der Waals surface area contributed by atoms with Crippen LogP contribution in [0.25, 0.3) is 0 Å². The van der Waals surface area contributed by atoms with E-state index in [1.54, 1.807) is 6.20 Å². The molecule has 0 spiro atoms. The van der Waals surface area contributed by atoms with Crippen LogP contribution in [0.3, 0.4) is 0 Å². The fourth-order valence-electron chi connectivity index (χ4n) is 1.83. The summed E-state index contributed by atoms with van der Waals surface area (Å²) in [6.07, 6.45) is 6.02. The molecule has 1 aromatic rings. The fourth-order valence-corrected chi connectivity index (χ4v) is 2.11. The quantitative estimate of drug-likeness (QED) is 0.745. The molecule has 70 valence electrons. The maximum atomic E-state index is 6.07. The number of pyridine rings is 1. The molecule has 1 N–H and O–H groups in total. The topological polar surface area (TPSA) is 24.9 Å². The molecule has 0 unspecified atom stereocenters. The van der Waals surface area contributed by atoms with Crippen molar-refractivity contribution in [1.82, 2.24) is 10.3 Å². The van der Waals surface area contributed by atoms with Crippen molar-refractivity contribution in [2.45, 2.75) is 18.8 Å². The van der Waals surface area contributed by atoms with E-state index in [9.17, 15) is 0 Å². The minimum Gasteiger partial charge on any atom is -0.316 e. The molecule has 1 atom stereocenters. The van der Waals surface area contributed by atoms with Crippen molar-refractivity contribution in [1.29, 1.82) is 0 Å². The molecule has 0 radical (unpaired) electrons. The molecule has 2 nitrogen and oxygen atoms in total. The summed E-state index contributed by atoms with van der Waals surface area (Å²) in [6.45, 7) is 2.18. The predicted molar refractivity (Wildman–Crippen MR) is 54.1 cm³/mol. The number of piperidine rings is 1. The van der Waals surface area contributed by atoms with Gasteiger partial charge in [0.15, 0.2) is 0 Å². The molecule has 0 bridgehead atoms. The van der Waals surface area contributed by atoms with Gasteiger partial charge in [0.05, 0.1) is 5.02 Å². The molecule has 2 rings (SSSR count). The van der Waals surface area contributed by atoms with Crippen molar-refractivity contribution < 1.29 is 0 Å². The molecule has 0 amide bonds. The first-order valence-corrected chi connectivity index (χ1v) is 5.06. The maximum Gasteiger partial charge on any atom is 0.0624 e. The molecule has 13 heavy (non-hydrogen) atoms. The van der Waals surface area contributed by atoms with Crippen molar-refractivity contribution in [3.05, 3.63) is 29.0 Å². The number of nitrogens with one attached hydrogen (secondary N) is 1. The summed E-state index contributed by atoms with van der Waals surface area (Å²) < 4.78 is 0. The third kappa shape index (κ3) is 2.01. The average molecular weight is 197 g/mol. The van der Waals surface area contributed by atoms with Crippen LogP contribution in [0.5, 0.6) is 0 Å². The predicted octanol–water partition coefficient (Wildman–Crippen LogP) is 2.20. The second-order valence-electron chi connectivity index (χ2n) is 3.44. The van der Waals surface area contributed by atoms with E-state index in [0.717, 1.165) is 18.1 Å². The number of nitrogens with zero attached hydrogens (tertiary/aromatic N) is 1.